The Morgan fingerprint density at radius 1 is 1.12 bits per heavy atom. The quantitative estimate of drug-likeness (QED) is 0.585. The Morgan fingerprint density at radius 2 is 1.91 bits per heavy atom. The van der Waals surface area contributed by atoms with Crippen molar-refractivity contribution in [3.8, 4) is 17.2 Å². The molecule has 1 aliphatic rings. The van der Waals surface area contributed by atoms with Crippen molar-refractivity contribution in [2.75, 3.05) is 31.5 Å². The number of amides is 1. The highest BCUT2D eigenvalue weighted by Crippen LogP contribution is 2.40. The second-order valence-corrected chi connectivity index (χ2v) is 7.46. The minimum atomic E-state index is -0.489. The summed E-state index contributed by atoms with van der Waals surface area (Å²) in [6, 6.07) is 12.4. The van der Waals surface area contributed by atoms with E-state index in [1.807, 2.05) is 56.3 Å². The van der Waals surface area contributed by atoms with Crippen LogP contribution in [0.15, 0.2) is 48.8 Å². The summed E-state index contributed by atoms with van der Waals surface area (Å²) in [5.74, 6) is 1.80. The monoisotopic (exact) mass is 437 g/mol. The minimum absolute atomic E-state index is 0.159. The molecule has 2 N–H and O–H groups in total. The molecule has 1 aliphatic heterocycles. The summed E-state index contributed by atoms with van der Waals surface area (Å²) in [5.41, 5.74) is 1.48. The van der Waals surface area contributed by atoms with E-state index in [1.54, 1.807) is 18.9 Å². The van der Waals surface area contributed by atoms with Gasteiger partial charge in [0, 0.05) is 6.04 Å². The molecule has 0 saturated heterocycles. The number of benzene rings is 2. The molecule has 0 aliphatic carbocycles. The molecule has 9 nitrogen and oxygen atoms in total. The van der Waals surface area contributed by atoms with Crippen molar-refractivity contribution >= 4 is 17.5 Å². The third-order valence-corrected chi connectivity index (χ3v) is 5.57. The lowest BCUT2D eigenvalue weighted by Crippen LogP contribution is -2.46. The van der Waals surface area contributed by atoms with E-state index >= 15 is 0 Å². The SMILES string of the molecule is CCOc1ccc([C@H]2[C@H](C(=O)Nc3ccccc3OC)[C@H](C)Nc3ncnn32)cc1OC. The first kappa shape index (κ1) is 21.5. The Kier molecular flexibility index (Phi) is 6.16. The van der Waals surface area contributed by atoms with E-state index < -0.39 is 12.0 Å². The van der Waals surface area contributed by atoms with Crippen molar-refractivity contribution in [1.29, 1.82) is 0 Å². The lowest BCUT2D eigenvalue weighted by atomic mass is 9.85. The van der Waals surface area contributed by atoms with Crippen LogP contribution in [0.5, 0.6) is 17.2 Å². The molecule has 3 atom stereocenters. The Bertz CT molecular complexity index is 1100. The number of para-hydroxylation sites is 2. The molecule has 0 radical (unpaired) electrons. The lowest BCUT2D eigenvalue weighted by Gasteiger charge is -2.37. The molecule has 1 amide bonds. The maximum absolute atomic E-state index is 13.6. The first-order chi connectivity index (χ1) is 15.6. The van der Waals surface area contributed by atoms with Crippen LogP contribution in [0.1, 0.15) is 25.5 Å². The fourth-order valence-corrected chi connectivity index (χ4v) is 4.10. The average Bonchev–Trinajstić information content (AvgIpc) is 3.27. The van der Waals surface area contributed by atoms with Gasteiger partial charge in [0.25, 0.3) is 0 Å². The van der Waals surface area contributed by atoms with Gasteiger partial charge in [-0.05, 0) is 43.7 Å². The first-order valence-corrected chi connectivity index (χ1v) is 10.5. The van der Waals surface area contributed by atoms with Gasteiger partial charge in [-0.1, -0.05) is 18.2 Å². The topological polar surface area (TPSA) is 99.5 Å². The predicted molar refractivity (Wildman–Crippen MR) is 121 cm³/mol. The van der Waals surface area contributed by atoms with E-state index in [2.05, 4.69) is 20.7 Å². The molecule has 2 aromatic carbocycles. The number of aromatic nitrogens is 3. The summed E-state index contributed by atoms with van der Waals surface area (Å²) in [7, 11) is 3.17. The molecule has 0 fully saturated rings. The van der Waals surface area contributed by atoms with Gasteiger partial charge in [-0.2, -0.15) is 10.1 Å². The van der Waals surface area contributed by atoms with Crippen molar-refractivity contribution in [3.05, 3.63) is 54.4 Å². The number of rotatable bonds is 7. The molecule has 168 valence electrons. The van der Waals surface area contributed by atoms with Gasteiger partial charge in [-0.3, -0.25) is 4.79 Å². The smallest absolute Gasteiger partial charge is 0.232 e. The van der Waals surface area contributed by atoms with Gasteiger partial charge in [0.1, 0.15) is 12.1 Å². The highest BCUT2D eigenvalue weighted by molar-refractivity contribution is 5.95. The number of carbonyl (C=O) groups excluding carboxylic acids is 1. The van der Waals surface area contributed by atoms with Crippen molar-refractivity contribution in [2.45, 2.75) is 25.9 Å². The van der Waals surface area contributed by atoms with Gasteiger partial charge < -0.3 is 24.8 Å². The van der Waals surface area contributed by atoms with Crippen LogP contribution in [0.3, 0.4) is 0 Å². The summed E-state index contributed by atoms with van der Waals surface area (Å²) in [5, 5.41) is 10.7. The van der Waals surface area contributed by atoms with E-state index in [0.29, 0.717) is 35.5 Å². The summed E-state index contributed by atoms with van der Waals surface area (Å²) < 4.78 is 18.3. The molecule has 0 unspecified atom stereocenters. The van der Waals surface area contributed by atoms with Crippen molar-refractivity contribution in [2.24, 2.45) is 5.92 Å². The molecule has 32 heavy (non-hydrogen) atoms. The summed E-state index contributed by atoms with van der Waals surface area (Å²) in [6.45, 7) is 4.41. The van der Waals surface area contributed by atoms with Crippen LogP contribution in [-0.4, -0.2) is 47.5 Å². The molecule has 0 saturated carbocycles. The fourth-order valence-electron chi connectivity index (χ4n) is 4.10. The van der Waals surface area contributed by atoms with E-state index in [9.17, 15) is 4.79 Å². The fraction of sp³-hybridized carbons (Fsp3) is 0.348. The number of nitrogens with one attached hydrogen (secondary N) is 2. The molecule has 1 aromatic heterocycles. The van der Waals surface area contributed by atoms with Crippen molar-refractivity contribution in [1.82, 2.24) is 14.8 Å². The highest BCUT2D eigenvalue weighted by atomic mass is 16.5. The largest absolute Gasteiger partial charge is 0.495 e. The van der Waals surface area contributed by atoms with Gasteiger partial charge in [0.15, 0.2) is 11.5 Å². The number of fused-ring (bicyclic) bond motifs is 1. The molecule has 2 heterocycles. The van der Waals surface area contributed by atoms with Crippen LogP contribution >= 0.6 is 0 Å². The second kappa shape index (κ2) is 9.17. The number of hydrogen-bond donors (Lipinski definition) is 2. The molecule has 9 heteroatoms. The normalized spacial score (nSPS) is 19.4. The average molecular weight is 438 g/mol. The Hall–Kier alpha value is -3.75. The molecule has 4 rings (SSSR count). The number of hydrogen-bond acceptors (Lipinski definition) is 7. The van der Waals surface area contributed by atoms with Crippen LogP contribution in [-0.2, 0) is 4.79 Å². The van der Waals surface area contributed by atoms with E-state index in [0.717, 1.165) is 5.56 Å². The predicted octanol–water partition coefficient (Wildman–Crippen LogP) is 3.35. The van der Waals surface area contributed by atoms with E-state index in [1.165, 1.54) is 6.33 Å². The maximum atomic E-state index is 13.6. The molecular formula is C23H27N5O4. The zero-order valence-corrected chi connectivity index (χ0v) is 18.5. The molecule has 3 aromatic rings. The Morgan fingerprint density at radius 3 is 2.66 bits per heavy atom. The van der Waals surface area contributed by atoms with Crippen LogP contribution in [0, 0.1) is 5.92 Å². The van der Waals surface area contributed by atoms with Crippen LogP contribution in [0.4, 0.5) is 11.6 Å². The van der Waals surface area contributed by atoms with Crippen molar-refractivity contribution in [3.63, 3.8) is 0 Å². The van der Waals surface area contributed by atoms with Gasteiger partial charge in [-0.25, -0.2) is 4.68 Å². The number of carbonyl (C=O) groups is 1. The van der Waals surface area contributed by atoms with Gasteiger partial charge >= 0.3 is 0 Å². The third kappa shape index (κ3) is 3.93. The third-order valence-electron chi connectivity index (χ3n) is 5.57. The number of anilines is 2. The molecule has 0 spiro atoms. The molecular weight excluding hydrogens is 410 g/mol. The Balaban J connectivity index is 1.74. The summed E-state index contributed by atoms with van der Waals surface area (Å²) in [6.07, 6.45) is 1.48. The highest BCUT2D eigenvalue weighted by Gasteiger charge is 2.41. The zero-order valence-electron chi connectivity index (χ0n) is 18.5. The van der Waals surface area contributed by atoms with Gasteiger partial charge in [0.05, 0.1) is 38.5 Å². The van der Waals surface area contributed by atoms with Crippen molar-refractivity contribution < 1.29 is 19.0 Å². The zero-order chi connectivity index (χ0) is 22.7. The Labute approximate surface area is 186 Å². The summed E-state index contributed by atoms with van der Waals surface area (Å²) >= 11 is 0. The standard InChI is InChI=1S/C23H27N5O4/c1-5-32-18-11-10-15(12-19(18)31-4)21-20(14(2)26-23-24-13-25-28(21)23)22(29)27-16-8-6-7-9-17(16)30-3/h6-14,20-21H,5H2,1-4H3,(H,27,29)(H,24,25,26)/t14-,20+,21-/m0/s1. The van der Waals surface area contributed by atoms with Gasteiger partial charge in [-0.15, -0.1) is 0 Å². The number of nitrogens with zero attached hydrogens (tertiary/aromatic N) is 3. The summed E-state index contributed by atoms with van der Waals surface area (Å²) in [4.78, 5) is 17.9. The van der Waals surface area contributed by atoms with Crippen LogP contribution < -0.4 is 24.8 Å². The van der Waals surface area contributed by atoms with Crippen LogP contribution in [0.25, 0.3) is 0 Å². The number of ether oxygens (including phenoxy) is 3. The molecule has 0 bridgehead atoms. The second-order valence-electron chi connectivity index (χ2n) is 7.46. The van der Waals surface area contributed by atoms with Crippen LogP contribution in [0.2, 0.25) is 0 Å². The minimum Gasteiger partial charge on any atom is -0.495 e. The van der Waals surface area contributed by atoms with E-state index in [4.69, 9.17) is 14.2 Å². The maximum Gasteiger partial charge on any atom is 0.232 e. The lowest BCUT2D eigenvalue weighted by molar-refractivity contribution is -0.121. The number of methoxy groups -OCH3 is 2. The van der Waals surface area contributed by atoms with E-state index in [-0.39, 0.29) is 11.9 Å². The van der Waals surface area contributed by atoms with Gasteiger partial charge in [0.2, 0.25) is 11.9 Å². The first-order valence-electron chi connectivity index (χ1n) is 10.5.